The Labute approximate surface area is 131 Å². The van der Waals surface area contributed by atoms with Crippen molar-refractivity contribution in [3.63, 3.8) is 0 Å². The second kappa shape index (κ2) is 5.98. The topological polar surface area (TPSA) is 55.1 Å². The molecule has 1 aromatic rings. The number of fused-ring (bicyclic) bond motifs is 2. The maximum absolute atomic E-state index is 12.6. The molecule has 0 heterocycles. The zero-order valence-electron chi connectivity index (χ0n) is 12.4. The Hall–Kier alpha value is -1.06. The molecule has 0 aromatic heterocycles. The van der Waals surface area contributed by atoms with Gasteiger partial charge in [-0.25, -0.2) is 0 Å². The fourth-order valence-corrected chi connectivity index (χ4v) is 4.34. The summed E-state index contributed by atoms with van der Waals surface area (Å²) in [6, 6.07) is 7.78. The molecule has 5 unspecified atom stereocenters. The van der Waals surface area contributed by atoms with E-state index >= 15 is 0 Å². The molecule has 0 aliphatic heterocycles. The molecule has 0 saturated heterocycles. The predicted octanol–water partition coefficient (Wildman–Crippen LogP) is 3.28. The zero-order chi connectivity index (χ0) is 15.0. The van der Waals surface area contributed by atoms with E-state index in [1.165, 1.54) is 6.42 Å². The standard InChI is InChI=1S/C17H23ClN2O/c1-2-14(10-4-3-5-13(18)9-10)20-17(21)15-11-6-7-12(8-11)16(15)19/h3-5,9,11-12,14-16H,2,6-8,19H2,1H3,(H,20,21). The third-order valence-corrected chi connectivity index (χ3v) is 5.49. The minimum absolute atomic E-state index is 0.00279. The fourth-order valence-electron chi connectivity index (χ4n) is 4.14. The Morgan fingerprint density at radius 2 is 2.19 bits per heavy atom. The van der Waals surface area contributed by atoms with Gasteiger partial charge >= 0.3 is 0 Å². The van der Waals surface area contributed by atoms with Gasteiger partial charge in [-0.3, -0.25) is 4.79 Å². The van der Waals surface area contributed by atoms with Crippen molar-refractivity contribution in [3.8, 4) is 0 Å². The van der Waals surface area contributed by atoms with Gasteiger partial charge in [0.1, 0.15) is 0 Å². The van der Waals surface area contributed by atoms with Gasteiger partial charge in [-0.2, -0.15) is 0 Å². The molecule has 3 nitrogen and oxygen atoms in total. The van der Waals surface area contributed by atoms with Gasteiger partial charge in [0.05, 0.1) is 12.0 Å². The highest BCUT2D eigenvalue weighted by molar-refractivity contribution is 6.30. The molecule has 114 valence electrons. The summed E-state index contributed by atoms with van der Waals surface area (Å²) in [5.74, 6) is 1.16. The fraction of sp³-hybridized carbons (Fsp3) is 0.588. The highest BCUT2D eigenvalue weighted by Crippen LogP contribution is 2.47. The van der Waals surface area contributed by atoms with Crippen LogP contribution in [0, 0.1) is 17.8 Å². The lowest BCUT2D eigenvalue weighted by Crippen LogP contribution is -2.46. The molecule has 1 aromatic carbocycles. The number of halogens is 1. The van der Waals surface area contributed by atoms with Crippen molar-refractivity contribution in [2.24, 2.45) is 23.5 Å². The highest BCUT2D eigenvalue weighted by Gasteiger charge is 2.49. The molecule has 2 bridgehead atoms. The van der Waals surface area contributed by atoms with Crippen LogP contribution in [0.1, 0.15) is 44.2 Å². The number of hydrogen-bond donors (Lipinski definition) is 2. The number of nitrogens with two attached hydrogens (primary N) is 1. The maximum atomic E-state index is 12.6. The highest BCUT2D eigenvalue weighted by atomic mass is 35.5. The molecule has 2 fully saturated rings. The minimum Gasteiger partial charge on any atom is -0.349 e. The summed E-state index contributed by atoms with van der Waals surface area (Å²) in [7, 11) is 0. The molecular weight excluding hydrogens is 284 g/mol. The number of benzene rings is 1. The van der Waals surface area contributed by atoms with Crippen LogP contribution in [0.4, 0.5) is 0 Å². The quantitative estimate of drug-likeness (QED) is 0.897. The molecule has 3 rings (SSSR count). The Morgan fingerprint density at radius 1 is 1.43 bits per heavy atom. The van der Waals surface area contributed by atoms with Crippen LogP contribution in [0.5, 0.6) is 0 Å². The SMILES string of the molecule is CCC(NC(=O)C1C2CCC(C2)C1N)c1cccc(Cl)c1. The van der Waals surface area contributed by atoms with E-state index in [1.54, 1.807) is 0 Å². The number of amides is 1. The summed E-state index contributed by atoms with van der Waals surface area (Å²) in [6.07, 6.45) is 4.33. The summed E-state index contributed by atoms with van der Waals surface area (Å²) in [4.78, 5) is 12.6. The summed E-state index contributed by atoms with van der Waals surface area (Å²) < 4.78 is 0. The van der Waals surface area contributed by atoms with Crippen molar-refractivity contribution in [2.75, 3.05) is 0 Å². The van der Waals surface area contributed by atoms with Crippen LogP contribution in [-0.4, -0.2) is 11.9 Å². The predicted molar refractivity (Wildman–Crippen MR) is 84.9 cm³/mol. The van der Waals surface area contributed by atoms with Gasteiger partial charge in [-0.15, -0.1) is 0 Å². The van der Waals surface area contributed by atoms with E-state index in [9.17, 15) is 4.79 Å². The van der Waals surface area contributed by atoms with E-state index < -0.39 is 0 Å². The lowest BCUT2D eigenvalue weighted by atomic mass is 9.84. The molecule has 4 heteroatoms. The molecule has 2 aliphatic rings. The van der Waals surface area contributed by atoms with Gasteiger partial charge in [-0.1, -0.05) is 30.7 Å². The number of nitrogens with one attached hydrogen (secondary N) is 1. The first-order chi connectivity index (χ1) is 10.1. The Kier molecular flexibility index (Phi) is 4.23. The lowest BCUT2D eigenvalue weighted by Gasteiger charge is -2.29. The number of hydrogen-bond acceptors (Lipinski definition) is 2. The third kappa shape index (κ3) is 2.82. The van der Waals surface area contributed by atoms with E-state index in [-0.39, 0.29) is 23.9 Å². The molecule has 21 heavy (non-hydrogen) atoms. The van der Waals surface area contributed by atoms with E-state index in [0.717, 1.165) is 24.8 Å². The molecule has 0 radical (unpaired) electrons. The smallest absolute Gasteiger partial charge is 0.225 e. The van der Waals surface area contributed by atoms with E-state index in [4.69, 9.17) is 17.3 Å². The van der Waals surface area contributed by atoms with Crippen molar-refractivity contribution >= 4 is 17.5 Å². The zero-order valence-corrected chi connectivity index (χ0v) is 13.1. The van der Waals surface area contributed by atoms with E-state index in [0.29, 0.717) is 16.9 Å². The first-order valence-electron chi connectivity index (χ1n) is 7.91. The second-order valence-corrected chi connectivity index (χ2v) is 6.90. The maximum Gasteiger partial charge on any atom is 0.225 e. The average molecular weight is 307 g/mol. The molecule has 1 amide bonds. The van der Waals surface area contributed by atoms with Crippen LogP contribution in [0.25, 0.3) is 0 Å². The normalized spacial score (nSPS) is 32.1. The van der Waals surface area contributed by atoms with E-state index in [1.807, 2.05) is 24.3 Å². The molecular formula is C17H23ClN2O. The van der Waals surface area contributed by atoms with Gasteiger partial charge in [0.25, 0.3) is 0 Å². The van der Waals surface area contributed by atoms with Crippen LogP contribution in [0.15, 0.2) is 24.3 Å². The molecule has 3 N–H and O–H groups in total. The third-order valence-electron chi connectivity index (χ3n) is 5.26. The summed E-state index contributed by atoms with van der Waals surface area (Å²) in [6.45, 7) is 2.08. The minimum atomic E-state index is -0.00279. The molecule has 2 saturated carbocycles. The van der Waals surface area contributed by atoms with Crippen molar-refractivity contribution in [1.29, 1.82) is 0 Å². The Balaban J connectivity index is 1.71. The summed E-state index contributed by atoms with van der Waals surface area (Å²) in [5.41, 5.74) is 7.33. The number of carbonyl (C=O) groups excluding carboxylic acids is 1. The van der Waals surface area contributed by atoms with Gasteiger partial charge in [0, 0.05) is 11.1 Å². The van der Waals surface area contributed by atoms with Gasteiger partial charge in [-0.05, 0) is 55.2 Å². The number of rotatable bonds is 4. The van der Waals surface area contributed by atoms with E-state index in [2.05, 4.69) is 12.2 Å². The van der Waals surface area contributed by atoms with Crippen molar-refractivity contribution in [2.45, 2.75) is 44.7 Å². The lowest BCUT2D eigenvalue weighted by molar-refractivity contribution is -0.127. The van der Waals surface area contributed by atoms with Crippen LogP contribution >= 0.6 is 11.6 Å². The summed E-state index contributed by atoms with van der Waals surface area (Å²) in [5, 5.41) is 3.90. The Bertz CT molecular complexity index is 531. The van der Waals surface area contributed by atoms with Crippen LogP contribution in [-0.2, 0) is 4.79 Å². The van der Waals surface area contributed by atoms with Crippen LogP contribution < -0.4 is 11.1 Å². The first kappa shape index (κ1) is 14.9. The molecule has 5 atom stereocenters. The summed E-state index contributed by atoms with van der Waals surface area (Å²) >= 11 is 6.05. The largest absolute Gasteiger partial charge is 0.349 e. The van der Waals surface area contributed by atoms with Crippen molar-refractivity contribution < 1.29 is 4.79 Å². The molecule has 0 spiro atoms. The van der Waals surface area contributed by atoms with Gasteiger partial charge in [0.2, 0.25) is 5.91 Å². The van der Waals surface area contributed by atoms with Gasteiger partial charge in [0.15, 0.2) is 0 Å². The first-order valence-corrected chi connectivity index (χ1v) is 8.29. The molecule has 2 aliphatic carbocycles. The monoisotopic (exact) mass is 306 g/mol. The Morgan fingerprint density at radius 3 is 2.81 bits per heavy atom. The number of carbonyl (C=O) groups is 1. The van der Waals surface area contributed by atoms with Crippen LogP contribution in [0.3, 0.4) is 0 Å². The van der Waals surface area contributed by atoms with Crippen LogP contribution in [0.2, 0.25) is 5.02 Å². The van der Waals surface area contributed by atoms with Crippen molar-refractivity contribution in [3.05, 3.63) is 34.9 Å². The second-order valence-electron chi connectivity index (χ2n) is 6.46. The van der Waals surface area contributed by atoms with Gasteiger partial charge < -0.3 is 11.1 Å². The van der Waals surface area contributed by atoms with Crippen molar-refractivity contribution in [1.82, 2.24) is 5.32 Å². The average Bonchev–Trinajstić information content (AvgIpc) is 3.05.